The van der Waals surface area contributed by atoms with Crippen molar-refractivity contribution in [2.75, 3.05) is 5.32 Å². The second kappa shape index (κ2) is 4.18. The minimum Gasteiger partial charge on any atom is -0.348 e. The van der Waals surface area contributed by atoms with Gasteiger partial charge in [-0.15, -0.1) is 0 Å². The van der Waals surface area contributed by atoms with Crippen LogP contribution in [0.2, 0.25) is 0 Å². The van der Waals surface area contributed by atoms with Crippen molar-refractivity contribution in [1.82, 2.24) is 19.1 Å². The van der Waals surface area contributed by atoms with E-state index in [0.717, 1.165) is 22.8 Å². The zero-order valence-corrected chi connectivity index (χ0v) is 10.5. The maximum Gasteiger partial charge on any atom is 0.203 e. The van der Waals surface area contributed by atoms with Crippen LogP contribution in [0.25, 0.3) is 11.0 Å². The Morgan fingerprint density at radius 3 is 2.78 bits per heavy atom. The van der Waals surface area contributed by atoms with E-state index in [1.807, 2.05) is 43.1 Å². The van der Waals surface area contributed by atoms with E-state index in [-0.39, 0.29) is 0 Å². The average Bonchev–Trinajstić information content (AvgIpc) is 2.92. The zero-order valence-electron chi connectivity index (χ0n) is 10.5. The highest BCUT2D eigenvalue weighted by Crippen LogP contribution is 2.17. The Bertz CT molecular complexity index is 680. The summed E-state index contributed by atoms with van der Waals surface area (Å²) in [5, 5.41) is 3.31. The maximum atomic E-state index is 4.56. The van der Waals surface area contributed by atoms with E-state index in [1.165, 1.54) is 0 Å². The lowest BCUT2D eigenvalue weighted by Crippen LogP contribution is -2.08. The van der Waals surface area contributed by atoms with Crippen molar-refractivity contribution in [1.29, 1.82) is 0 Å². The van der Waals surface area contributed by atoms with E-state index in [0.29, 0.717) is 6.54 Å². The molecule has 0 saturated heterocycles. The molecule has 0 aliphatic carbocycles. The standard InChI is InChI=1S/C13H15N5/c1-17-8-7-14-12(17)9-15-13-16-10-5-3-4-6-11(10)18(13)2/h3-8H,9H2,1-2H3,(H,15,16). The lowest BCUT2D eigenvalue weighted by molar-refractivity contribution is 0.801. The van der Waals surface area contributed by atoms with Gasteiger partial charge in [0.05, 0.1) is 17.6 Å². The highest BCUT2D eigenvalue weighted by molar-refractivity contribution is 5.78. The molecule has 0 radical (unpaired) electrons. The van der Waals surface area contributed by atoms with Crippen molar-refractivity contribution in [2.45, 2.75) is 6.54 Å². The molecule has 18 heavy (non-hydrogen) atoms. The number of nitrogens with one attached hydrogen (secondary N) is 1. The highest BCUT2D eigenvalue weighted by Gasteiger charge is 2.07. The van der Waals surface area contributed by atoms with Crippen LogP contribution in [-0.4, -0.2) is 19.1 Å². The number of hydrogen-bond acceptors (Lipinski definition) is 3. The molecule has 0 unspecified atom stereocenters. The summed E-state index contributed by atoms with van der Waals surface area (Å²) < 4.78 is 4.05. The van der Waals surface area contributed by atoms with Crippen LogP contribution in [0, 0.1) is 0 Å². The molecule has 5 heteroatoms. The van der Waals surface area contributed by atoms with Crippen LogP contribution >= 0.6 is 0 Å². The van der Waals surface area contributed by atoms with Crippen molar-refractivity contribution < 1.29 is 0 Å². The largest absolute Gasteiger partial charge is 0.348 e. The quantitative estimate of drug-likeness (QED) is 0.762. The molecule has 0 spiro atoms. The van der Waals surface area contributed by atoms with Gasteiger partial charge in [-0.25, -0.2) is 9.97 Å². The van der Waals surface area contributed by atoms with Gasteiger partial charge in [-0.2, -0.15) is 0 Å². The Kier molecular flexibility index (Phi) is 2.51. The van der Waals surface area contributed by atoms with E-state index in [9.17, 15) is 0 Å². The summed E-state index contributed by atoms with van der Waals surface area (Å²) >= 11 is 0. The van der Waals surface area contributed by atoms with E-state index in [2.05, 4.69) is 25.9 Å². The van der Waals surface area contributed by atoms with Gasteiger partial charge >= 0.3 is 0 Å². The van der Waals surface area contributed by atoms with Crippen molar-refractivity contribution in [3.05, 3.63) is 42.5 Å². The molecule has 1 aromatic carbocycles. The third-order valence-corrected chi connectivity index (χ3v) is 3.11. The molecule has 2 aromatic heterocycles. The summed E-state index contributed by atoms with van der Waals surface area (Å²) in [6.07, 6.45) is 3.73. The number of hydrogen-bond donors (Lipinski definition) is 1. The lowest BCUT2D eigenvalue weighted by Gasteiger charge is -2.06. The molecule has 3 rings (SSSR count). The molecule has 1 N–H and O–H groups in total. The smallest absolute Gasteiger partial charge is 0.203 e. The topological polar surface area (TPSA) is 47.7 Å². The molecular formula is C13H15N5. The highest BCUT2D eigenvalue weighted by atomic mass is 15.2. The first-order valence-electron chi connectivity index (χ1n) is 5.87. The molecule has 0 saturated carbocycles. The van der Waals surface area contributed by atoms with E-state index in [1.54, 1.807) is 6.20 Å². The van der Waals surface area contributed by atoms with Gasteiger partial charge in [0.1, 0.15) is 5.82 Å². The molecule has 3 aromatic rings. The van der Waals surface area contributed by atoms with Crippen molar-refractivity contribution in [2.24, 2.45) is 14.1 Å². The number of fused-ring (bicyclic) bond motifs is 1. The van der Waals surface area contributed by atoms with Gasteiger partial charge in [-0.3, -0.25) is 0 Å². The Labute approximate surface area is 105 Å². The number of rotatable bonds is 3. The number of aromatic nitrogens is 4. The predicted octanol–water partition coefficient (Wildman–Crippen LogP) is 1.92. The summed E-state index contributed by atoms with van der Waals surface area (Å²) in [5.41, 5.74) is 2.13. The normalized spacial score (nSPS) is 11.0. The van der Waals surface area contributed by atoms with Gasteiger partial charge in [0.25, 0.3) is 0 Å². The second-order valence-electron chi connectivity index (χ2n) is 4.29. The first-order chi connectivity index (χ1) is 8.75. The molecule has 0 fully saturated rings. The molecule has 2 heterocycles. The fourth-order valence-electron chi connectivity index (χ4n) is 2.03. The fraction of sp³-hybridized carbons (Fsp3) is 0.231. The van der Waals surface area contributed by atoms with E-state index < -0.39 is 0 Å². The molecule has 0 amide bonds. The van der Waals surface area contributed by atoms with Crippen LogP contribution in [-0.2, 0) is 20.6 Å². The lowest BCUT2D eigenvalue weighted by atomic mass is 10.3. The van der Waals surface area contributed by atoms with Crippen LogP contribution < -0.4 is 5.32 Å². The Balaban J connectivity index is 1.87. The molecular weight excluding hydrogens is 226 g/mol. The summed E-state index contributed by atoms with van der Waals surface area (Å²) in [6.45, 7) is 0.667. The van der Waals surface area contributed by atoms with Crippen LogP contribution in [0.3, 0.4) is 0 Å². The molecule has 5 nitrogen and oxygen atoms in total. The number of aryl methyl sites for hydroxylation is 2. The molecule has 0 aliphatic rings. The van der Waals surface area contributed by atoms with Gasteiger partial charge < -0.3 is 14.5 Å². The van der Waals surface area contributed by atoms with Gasteiger partial charge in [0, 0.05) is 26.5 Å². The number of para-hydroxylation sites is 2. The summed E-state index contributed by atoms with van der Waals surface area (Å²) in [5.74, 6) is 1.85. The molecule has 0 atom stereocenters. The van der Waals surface area contributed by atoms with Gasteiger partial charge in [0.2, 0.25) is 5.95 Å². The van der Waals surface area contributed by atoms with Crippen molar-refractivity contribution in [3.8, 4) is 0 Å². The molecule has 0 aliphatic heterocycles. The van der Waals surface area contributed by atoms with Gasteiger partial charge in [-0.1, -0.05) is 12.1 Å². The monoisotopic (exact) mass is 241 g/mol. The van der Waals surface area contributed by atoms with E-state index in [4.69, 9.17) is 0 Å². The molecule has 0 bridgehead atoms. The Morgan fingerprint density at radius 2 is 2.06 bits per heavy atom. The maximum absolute atomic E-state index is 4.56. The second-order valence-corrected chi connectivity index (χ2v) is 4.29. The van der Waals surface area contributed by atoms with E-state index >= 15 is 0 Å². The first-order valence-corrected chi connectivity index (χ1v) is 5.87. The predicted molar refractivity (Wildman–Crippen MR) is 71.2 cm³/mol. The van der Waals surface area contributed by atoms with Crippen LogP contribution in [0.5, 0.6) is 0 Å². The number of benzene rings is 1. The third kappa shape index (κ3) is 1.73. The average molecular weight is 241 g/mol. The van der Waals surface area contributed by atoms with Crippen molar-refractivity contribution in [3.63, 3.8) is 0 Å². The minimum absolute atomic E-state index is 0.667. The fourth-order valence-corrected chi connectivity index (χ4v) is 2.03. The summed E-state index contributed by atoms with van der Waals surface area (Å²) in [6, 6.07) is 8.10. The van der Waals surface area contributed by atoms with Gasteiger partial charge in [-0.05, 0) is 12.1 Å². The number of anilines is 1. The zero-order chi connectivity index (χ0) is 12.5. The van der Waals surface area contributed by atoms with Crippen molar-refractivity contribution >= 4 is 17.0 Å². The molecule has 92 valence electrons. The number of imidazole rings is 2. The van der Waals surface area contributed by atoms with Crippen LogP contribution in [0.1, 0.15) is 5.82 Å². The minimum atomic E-state index is 0.667. The summed E-state index contributed by atoms with van der Waals surface area (Å²) in [7, 11) is 4.00. The number of nitrogens with zero attached hydrogens (tertiary/aromatic N) is 4. The SMILES string of the molecule is Cn1ccnc1CNc1nc2ccccc2n1C. The van der Waals surface area contributed by atoms with Gasteiger partial charge in [0.15, 0.2) is 0 Å². The Hall–Kier alpha value is -2.30. The summed E-state index contributed by atoms with van der Waals surface area (Å²) in [4.78, 5) is 8.83. The third-order valence-electron chi connectivity index (χ3n) is 3.11. The first kappa shape index (κ1) is 10.8. The van der Waals surface area contributed by atoms with Crippen LogP contribution in [0.4, 0.5) is 5.95 Å². The Morgan fingerprint density at radius 1 is 1.22 bits per heavy atom. The van der Waals surface area contributed by atoms with Crippen LogP contribution in [0.15, 0.2) is 36.7 Å².